The molecule has 2 aromatic carbocycles. The van der Waals surface area contributed by atoms with Crippen LogP contribution >= 0.6 is 0 Å². The Hall–Kier alpha value is -3.54. The Morgan fingerprint density at radius 2 is 1.67 bits per heavy atom. The first-order valence-electron chi connectivity index (χ1n) is 9.80. The second-order valence-corrected chi connectivity index (χ2v) is 6.87. The summed E-state index contributed by atoms with van der Waals surface area (Å²) in [4.78, 5) is 26.2. The van der Waals surface area contributed by atoms with E-state index >= 15 is 0 Å². The number of carbonyl (C=O) groups excluding carboxylic acids is 2. The quantitative estimate of drug-likeness (QED) is 0.497. The van der Waals surface area contributed by atoms with Gasteiger partial charge in [-0.15, -0.1) is 0 Å². The molecule has 30 heavy (non-hydrogen) atoms. The molecule has 6 nitrogen and oxygen atoms in total. The van der Waals surface area contributed by atoms with E-state index in [9.17, 15) is 9.59 Å². The second-order valence-electron chi connectivity index (χ2n) is 6.87. The predicted octanol–water partition coefficient (Wildman–Crippen LogP) is 4.24. The van der Waals surface area contributed by atoms with Gasteiger partial charge < -0.3 is 18.8 Å². The summed E-state index contributed by atoms with van der Waals surface area (Å²) in [5.74, 6) is -0.268. The molecule has 0 radical (unpaired) electrons. The highest BCUT2D eigenvalue weighted by atomic mass is 16.5. The predicted molar refractivity (Wildman–Crippen MR) is 112 cm³/mol. The first-order valence-corrected chi connectivity index (χ1v) is 9.80. The molecule has 156 valence electrons. The number of amides is 1. The van der Waals surface area contributed by atoms with Gasteiger partial charge in [-0.25, -0.2) is 4.79 Å². The number of aryl methyl sites for hydroxylation is 1. The SMILES string of the molecule is CCc1ccc(CN(C)C(=O)COC(=O)c2occc2COc2ccccc2)cc1. The number of nitrogens with zero attached hydrogens (tertiary/aromatic N) is 1. The smallest absolute Gasteiger partial charge is 0.375 e. The minimum atomic E-state index is -0.694. The fourth-order valence-electron chi connectivity index (χ4n) is 2.85. The van der Waals surface area contributed by atoms with Gasteiger partial charge in [0, 0.05) is 19.2 Å². The highest BCUT2D eigenvalue weighted by molar-refractivity contribution is 5.90. The fraction of sp³-hybridized carbons (Fsp3) is 0.250. The lowest BCUT2D eigenvalue weighted by Crippen LogP contribution is -2.30. The topological polar surface area (TPSA) is 69.0 Å². The first-order chi connectivity index (χ1) is 14.6. The Kier molecular flexibility index (Phi) is 7.27. The third-order valence-corrected chi connectivity index (χ3v) is 4.67. The van der Waals surface area contributed by atoms with Crippen LogP contribution in [0.5, 0.6) is 5.75 Å². The van der Waals surface area contributed by atoms with Crippen molar-refractivity contribution in [2.24, 2.45) is 0 Å². The number of ether oxygens (including phenoxy) is 2. The minimum Gasteiger partial charge on any atom is -0.489 e. The number of esters is 1. The largest absolute Gasteiger partial charge is 0.489 e. The third-order valence-electron chi connectivity index (χ3n) is 4.67. The zero-order valence-corrected chi connectivity index (χ0v) is 17.2. The molecule has 0 spiro atoms. The number of furan rings is 1. The molecule has 0 aliphatic carbocycles. The van der Waals surface area contributed by atoms with Gasteiger partial charge in [0.1, 0.15) is 12.4 Å². The number of hydrogen-bond acceptors (Lipinski definition) is 5. The summed E-state index contributed by atoms with van der Waals surface area (Å²) in [6.07, 6.45) is 2.37. The maximum atomic E-state index is 12.4. The molecule has 0 aliphatic rings. The van der Waals surface area contributed by atoms with Crippen molar-refractivity contribution in [1.29, 1.82) is 0 Å². The van der Waals surface area contributed by atoms with Crippen LogP contribution in [0.15, 0.2) is 71.3 Å². The Morgan fingerprint density at radius 1 is 0.967 bits per heavy atom. The fourth-order valence-corrected chi connectivity index (χ4v) is 2.85. The van der Waals surface area contributed by atoms with Gasteiger partial charge in [0.2, 0.25) is 5.76 Å². The first kappa shape index (κ1) is 21.2. The molecule has 0 fully saturated rings. The molecule has 3 aromatic rings. The molecule has 3 rings (SSSR count). The lowest BCUT2D eigenvalue weighted by atomic mass is 10.1. The Bertz CT molecular complexity index is 963. The van der Waals surface area contributed by atoms with Gasteiger partial charge in [-0.05, 0) is 35.7 Å². The summed E-state index contributed by atoms with van der Waals surface area (Å²) in [7, 11) is 1.68. The van der Waals surface area contributed by atoms with Gasteiger partial charge in [-0.2, -0.15) is 0 Å². The van der Waals surface area contributed by atoms with Gasteiger partial charge in [0.05, 0.1) is 6.26 Å². The molecule has 0 bridgehead atoms. The van der Waals surface area contributed by atoms with Crippen molar-refractivity contribution >= 4 is 11.9 Å². The number of rotatable bonds is 9. The molecular weight excluding hydrogens is 382 g/mol. The summed E-state index contributed by atoms with van der Waals surface area (Å²) in [5.41, 5.74) is 2.81. The molecule has 0 aliphatic heterocycles. The van der Waals surface area contributed by atoms with Crippen LogP contribution in [0.2, 0.25) is 0 Å². The van der Waals surface area contributed by atoms with E-state index in [1.54, 1.807) is 13.1 Å². The van der Waals surface area contributed by atoms with E-state index in [0.29, 0.717) is 17.9 Å². The van der Waals surface area contributed by atoms with Gasteiger partial charge in [0.25, 0.3) is 5.91 Å². The van der Waals surface area contributed by atoms with Crippen LogP contribution in [0.4, 0.5) is 0 Å². The average Bonchev–Trinajstić information content (AvgIpc) is 3.25. The van der Waals surface area contributed by atoms with E-state index in [2.05, 4.69) is 6.92 Å². The lowest BCUT2D eigenvalue weighted by Gasteiger charge is -2.17. The number of hydrogen-bond donors (Lipinski definition) is 0. The standard InChI is InChI=1S/C24H25NO5/c1-3-18-9-11-19(12-10-18)15-25(2)22(26)17-30-24(27)23-20(13-14-28-23)16-29-21-7-5-4-6-8-21/h4-14H,3,15-17H2,1-2H3. The number of para-hydroxylation sites is 1. The molecule has 1 aromatic heterocycles. The lowest BCUT2D eigenvalue weighted by molar-refractivity contribution is -0.133. The third kappa shape index (κ3) is 5.73. The van der Waals surface area contributed by atoms with Gasteiger partial charge in [0.15, 0.2) is 6.61 Å². The van der Waals surface area contributed by atoms with Crippen molar-refractivity contribution in [2.75, 3.05) is 13.7 Å². The van der Waals surface area contributed by atoms with Crippen LogP contribution in [-0.4, -0.2) is 30.4 Å². The second kappa shape index (κ2) is 10.3. The normalized spacial score (nSPS) is 10.5. The molecule has 1 amide bonds. The van der Waals surface area contributed by atoms with Crippen molar-refractivity contribution in [3.8, 4) is 5.75 Å². The Labute approximate surface area is 176 Å². The van der Waals surface area contributed by atoms with Crippen molar-refractivity contribution < 1.29 is 23.5 Å². The minimum absolute atomic E-state index is 0.0385. The molecule has 6 heteroatoms. The van der Waals surface area contributed by atoms with Crippen molar-refractivity contribution in [3.63, 3.8) is 0 Å². The van der Waals surface area contributed by atoms with Gasteiger partial charge in [-0.1, -0.05) is 49.4 Å². The van der Waals surface area contributed by atoms with Gasteiger partial charge >= 0.3 is 5.97 Å². The van der Waals surface area contributed by atoms with Crippen LogP contribution in [-0.2, 0) is 29.1 Å². The number of benzene rings is 2. The van der Waals surface area contributed by atoms with E-state index in [1.165, 1.54) is 16.7 Å². The highest BCUT2D eigenvalue weighted by Crippen LogP contribution is 2.17. The number of likely N-dealkylation sites (N-methyl/N-ethyl adjacent to an activating group) is 1. The summed E-state index contributed by atoms with van der Waals surface area (Å²) in [6, 6.07) is 19.0. The van der Waals surface area contributed by atoms with E-state index in [0.717, 1.165) is 12.0 Å². The number of carbonyl (C=O) groups is 2. The van der Waals surface area contributed by atoms with Crippen LogP contribution in [0.1, 0.15) is 34.2 Å². The molecular formula is C24H25NO5. The van der Waals surface area contributed by atoms with Crippen molar-refractivity contribution in [3.05, 3.63) is 89.4 Å². The van der Waals surface area contributed by atoms with Crippen molar-refractivity contribution in [1.82, 2.24) is 4.90 Å². The Morgan fingerprint density at radius 3 is 2.37 bits per heavy atom. The Balaban J connectivity index is 1.50. The summed E-state index contributed by atoms with van der Waals surface area (Å²) < 4.78 is 16.0. The van der Waals surface area contributed by atoms with E-state index in [4.69, 9.17) is 13.9 Å². The zero-order valence-electron chi connectivity index (χ0n) is 17.2. The molecule has 1 heterocycles. The van der Waals surface area contributed by atoms with Gasteiger partial charge in [-0.3, -0.25) is 4.79 Å². The molecule has 0 saturated heterocycles. The van der Waals surface area contributed by atoms with Crippen LogP contribution in [0, 0.1) is 0 Å². The molecule has 0 N–H and O–H groups in total. The monoisotopic (exact) mass is 407 g/mol. The average molecular weight is 407 g/mol. The zero-order chi connectivity index (χ0) is 21.3. The summed E-state index contributed by atoms with van der Waals surface area (Å²) in [6.45, 7) is 2.34. The van der Waals surface area contributed by atoms with Crippen molar-refractivity contribution in [2.45, 2.75) is 26.5 Å². The maximum absolute atomic E-state index is 12.4. The van der Waals surface area contributed by atoms with E-state index < -0.39 is 5.97 Å². The summed E-state index contributed by atoms with van der Waals surface area (Å²) in [5, 5.41) is 0. The van der Waals surface area contributed by atoms with E-state index in [1.807, 2.05) is 54.6 Å². The highest BCUT2D eigenvalue weighted by Gasteiger charge is 2.20. The molecule has 0 unspecified atom stereocenters. The van der Waals surface area contributed by atoms with E-state index in [-0.39, 0.29) is 24.9 Å². The van der Waals surface area contributed by atoms with Crippen LogP contribution < -0.4 is 4.74 Å². The molecule has 0 saturated carbocycles. The summed E-state index contributed by atoms with van der Waals surface area (Å²) >= 11 is 0. The molecule has 0 atom stereocenters. The maximum Gasteiger partial charge on any atom is 0.375 e. The van der Waals surface area contributed by atoms with Crippen LogP contribution in [0.3, 0.4) is 0 Å². The van der Waals surface area contributed by atoms with Crippen LogP contribution in [0.25, 0.3) is 0 Å².